The second-order valence-electron chi connectivity index (χ2n) is 6.07. The second kappa shape index (κ2) is 5.71. The molecular formula is C13H26N2O2. The third kappa shape index (κ3) is 4.94. The second-order valence-corrected chi connectivity index (χ2v) is 6.07. The number of rotatable bonds is 2. The summed E-state index contributed by atoms with van der Waals surface area (Å²) < 4.78 is 5.27. The first-order chi connectivity index (χ1) is 7.79. The molecule has 1 aliphatic heterocycles. The monoisotopic (exact) mass is 242 g/mol. The van der Waals surface area contributed by atoms with Crippen LogP contribution in [-0.4, -0.2) is 30.8 Å². The van der Waals surface area contributed by atoms with Gasteiger partial charge in [0.05, 0.1) is 0 Å². The van der Waals surface area contributed by atoms with Gasteiger partial charge in [-0.3, -0.25) is 0 Å². The van der Waals surface area contributed by atoms with Gasteiger partial charge in [0.15, 0.2) is 0 Å². The Morgan fingerprint density at radius 1 is 1.47 bits per heavy atom. The van der Waals surface area contributed by atoms with Crippen LogP contribution in [0.4, 0.5) is 4.79 Å². The molecule has 1 saturated heterocycles. The van der Waals surface area contributed by atoms with Gasteiger partial charge in [0.25, 0.3) is 0 Å². The minimum atomic E-state index is -0.427. The van der Waals surface area contributed by atoms with E-state index in [9.17, 15) is 4.79 Å². The van der Waals surface area contributed by atoms with E-state index in [1.807, 2.05) is 20.8 Å². The van der Waals surface area contributed by atoms with Crippen molar-refractivity contribution in [3.05, 3.63) is 0 Å². The van der Waals surface area contributed by atoms with Gasteiger partial charge in [-0.05, 0) is 59.0 Å². The van der Waals surface area contributed by atoms with Crippen molar-refractivity contribution in [1.29, 1.82) is 0 Å². The normalized spacial score (nSPS) is 27.4. The van der Waals surface area contributed by atoms with Gasteiger partial charge in [0, 0.05) is 6.04 Å². The van der Waals surface area contributed by atoms with Gasteiger partial charge in [-0.2, -0.15) is 0 Å². The van der Waals surface area contributed by atoms with Crippen LogP contribution in [0.1, 0.15) is 41.0 Å². The average molecular weight is 242 g/mol. The molecule has 0 saturated carbocycles. The Kier molecular flexibility index (Phi) is 4.80. The molecule has 0 aromatic carbocycles. The zero-order chi connectivity index (χ0) is 13.1. The van der Waals surface area contributed by atoms with Crippen molar-refractivity contribution in [1.82, 2.24) is 10.6 Å². The summed E-state index contributed by atoms with van der Waals surface area (Å²) in [5, 5.41) is 6.31. The van der Waals surface area contributed by atoms with Gasteiger partial charge in [-0.1, -0.05) is 6.92 Å². The number of alkyl carbamates (subject to hydrolysis) is 1. The minimum absolute atomic E-state index is 0.168. The molecule has 0 aromatic rings. The molecule has 1 rings (SSSR count). The Morgan fingerprint density at radius 2 is 2.12 bits per heavy atom. The molecule has 100 valence electrons. The van der Waals surface area contributed by atoms with E-state index in [0.29, 0.717) is 11.8 Å². The van der Waals surface area contributed by atoms with Crippen molar-refractivity contribution < 1.29 is 9.53 Å². The lowest BCUT2D eigenvalue weighted by atomic mass is 9.83. The third-order valence-corrected chi connectivity index (χ3v) is 3.24. The number of carbonyl (C=O) groups excluding carboxylic acids is 1. The van der Waals surface area contributed by atoms with Crippen molar-refractivity contribution in [2.24, 2.45) is 11.8 Å². The number of piperidine rings is 1. The molecule has 0 aromatic heterocycles. The highest BCUT2D eigenvalue weighted by Gasteiger charge is 2.28. The highest BCUT2D eigenvalue weighted by molar-refractivity contribution is 5.68. The van der Waals surface area contributed by atoms with E-state index in [2.05, 4.69) is 24.5 Å². The fraction of sp³-hybridized carbons (Fsp3) is 0.923. The topological polar surface area (TPSA) is 50.4 Å². The molecule has 0 aliphatic carbocycles. The van der Waals surface area contributed by atoms with Crippen LogP contribution in [0.25, 0.3) is 0 Å². The maximum Gasteiger partial charge on any atom is 0.407 e. The van der Waals surface area contributed by atoms with Crippen molar-refractivity contribution in [3.8, 4) is 0 Å². The van der Waals surface area contributed by atoms with Crippen molar-refractivity contribution in [2.75, 3.05) is 13.1 Å². The largest absolute Gasteiger partial charge is 0.444 e. The molecule has 0 spiro atoms. The fourth-order valence-corrected chi connectivity index (χ4v) is 2.38. The third-order valence-electron chi connectivity index (χ3n) is 3.24. The summed E-state index contributed by atoms with van der Waals surface area (Å²) in [6, 6.07) is 0.168. The lowest BCUT2D eigenvalue weighted by Crippen LogP contribution is -2.47. The average Bonchev–Trinajstić information content (AvgIpc) is 2.14. The van der Waals surface area contributed by atoms with E-state index in [4.69, 9.17) is 4.74 Å². The van der Waals surface area contributed by atoms with Crippen molar-refractivity contribution in [3.63, 3.8) is 0 Å². The Bertz CT molecular complexity index is 261. The Balaban J connectivity index is 2.42. The lowest BCUT2D eigenvalue weighted by molar-refractivity contribution is 0.0473. The maximum absolute atomic E-state index is 11.7. The number of carbonyl (C=O) groups is 1. The Labute approximate surface area is 104 Å². The first-order valence-corrected chi connectivity index (χ1v) is 6.50. The van der Waals surface area contributed by atoms with E-state index in [1.54, 1.807) is 0 Å². The zero-order valence-electron chi connectivity index (χ0n) is 11.7. The van der Waals surface area contributed by atoms with Crippen LogP contribution in [0.2, 0.25) is 0 Å². The zero-order valence-corrected chi connectivity index (χ0v) is 11.7. The number of hydrogen-bond donors (Lipinski definition) is 2. The maximum atomic E-state index is 11.7. The number of amides is 1. The van der Waals surface area contributed by atoms with Gasteiger partial charge in [0.2, 0.25) is 0 Å². The summed E-state index contributed by atoms with van der Waals surface area (Å²) in [7, 11) is 0. The van der Waals surface area contributed by atoms with Crippen LogP contribution in [0.5, 0.6) is 0 Å². The molecule has 17 heavy (non-hydrogen) atoms. The van der Waals surface area contributed by atoms with Gasteiger partial charge < -0.3 is 15.4 Å². The van der Waals surface area contributed by atoms with Crippen molar-refractivity contribution in [2.45, 2.75) is 52.7 Å². The predicted molar refractivity (Wildman–Crippen MR) is 69.0 cm³/mol. The minimum Gasteiger partial charge on any atom is -0.444 e. The number of hydrogen-bond acceptors (Lipinski definition) is 3. The molecule has 1 amide bonds. The highest BCUT2D eigenvalue weighted by Crippen LogP contribution is 2.22. The van der Waals surface area contributed by atoms with E-state index >= 15 is 0 Å². The van der Waals surface area contributed by atoms with Gasteiger partial charge >= 0.3 is 6.09 Å². The summed E-state index contributed by atoms with van der Waals surface area (Å²) in [5.41, 5.74) is -0.427. The summed E-state index contributed by atoms with van der Waals surface area (Å²) in [4.78, 5) is 11.7. The van der Waals surface area contributed by atoms with Crippen LogP contribution < -0.4 is 10.6 Å². The van der Waals surface area contributed by atoms with Gasteiger partial charge in [-0.15, -0.1) is 0 Å². The van der Waals surface area contributed by atoms with E-state index in [0.717, 1.165) is 19.5 Å². The van der Waals surface area contributed by atoms with E-state index in [1.165, 1.54) is 0 Å². The van der Waals surface area contributed by atoms with Crippen molar-refractivity contribution >= 4 is 6.09 Å². The summed E-state index contributed by atoms with van der Waals surface area (Å²) >= 11 is 0. The molecule has 2 N–H and O–H groups in total. The van der Waals surface area contributed by atoms with Crippen LogP contribution in [0.3, 0.4) is 0 Å². The summed E-state index contributed by atoms with van der Waals surface area (Å²) in [5.74, 6) is 1.12. The molecule has 1 aliphatic rings. The predicted octanol–water partition coefficient (Wildman–Crippen LogP) is 2.15. The number of ether oxygens (including phenoxy) is 1. The van der Waals surface area contributed by atoms with E-state index < -0.39 is 5.60 Å². The number of nitrogens with one attached hydrogen (secondary N) is 2. The molecule has 1 heterocycles. The fourth-order valence-electron chi connectivity index (χ4n) is 2.38. The quantitative estimate of drug-likeness (QED) is 0.780. The van der Waals surface area contributed by atoms with Crippen LogP contribution in [0.15, 0.2) is 0 Å². The SMILES string of the molecule is CC1CNCC[C@@H]1[C@@H](C)NC(=O)OC(C)(C)C. The smallest absolute Gasteiger partial charge is 0.407 e. The Hall–Kier alpha value is -0.770. The molecule has 0 bridgehead atoms. The molecule has 4 nitrogen and oxygen atoms in total. The highest BCUT2D eigenvalue weighted by atomic mass is 16.6. The first-order valence-electron chi connectivity index (χ1n) is 6.50. The molecule has 1 fully saturated rings. The van der Waals surface area contributed by atoms with Crippen LogP contribution in [0, 0.1) is 11.8 Å². The molecule has 4 heteroatoms. The lowest BCUT2D eigenvalue weighted by Gasteiger charge is -2.34. The molecule has 1 unspecified atom stereocenters. The Morgan fingerprint density at radius 3 is 2.65 bits per heavy atom. The summed E-state index contributed by atoms with van der Waals surface area (Å²) in [6.45, 7) is 12.0. The van der Waals surface area contributed by atoms with Gasteiger partial charge in [-0.25, -0.2) is 4.79 Å². The van der Waals surface area contributed by atoms with Crippen LogP contribution >= 0.6 is 0 Å². The van der Waals surface area contributed by atoms with Crippen LogP contribution in [-0.2, 0) is 4.74 Å². The molecule has 0 radical (unpaired) electrons. The van der Waals surface area contributed by atoms with E-state index in [-0.39, 0.29) is 12.1 Å². The molecular weight excluding hydrogens is 216 g/mol. The standard InChI is InChI=1S/C13H26N2O2/c1-9-8-14-7-6-11(9)10(2)15-12(16)17-13(3,4)5/h9-11,14H,6-8H2,1-5H3,(H,15,16)/t9?,10-,11+/m1/s1. The molecule has 3 atom stereocenters. The summed E-state index contributed by atoms with van der Waals surface area (Å²) in [6.07, 6.45) is 0.800. The first kappa shape index (κ1) is 14.3. The van der Waals surface area contributed by atoms with Gasteiger partial charge in [0.1, 0.15) is 5.60 Å².